The molecule has 0 rings (SSSR count). The van der Waals surface area contributed by atoms with Crippen molar-refractivity contribution < 1.29 is 25.2 Å². The van der Waals surface area contributed by atoms with Crippen LogP contribution in [0.1, 0.15) is 64.7 Å². The number of hydrogen-bond acceptors (Lipinski definition) is 5. The molecule has 0 aromatic rings. The number of hydrogen-bond donors (Lipinski definition) is 5. The predicted octanol–water partition coefficient (Wildman–Crippen LogP) is 0.448. The van der Waals surface area contributed by atoms with Gasteiger partial charge in [0.1, 0.15) is 12.2 Å². The number of primary amides is 1. The minimum absolute atomic E-state index is 0.0183. The lowest BCUT2D eigenvalue weighted by Gasteiger charge is -2.32. The molecule has 0 saturated heterocycles. The van der Waals surface area contributed by atoms with Crippen LogP contribution in [-0.4, -0.2) is 50.7 Å². The highest BCUT2D eigenvalue weighted by Gasteiger charge is 2.44. The number of aliphatic hydroxyl groups is 4. The number of nitrogens with two attached hydrogens (primary N) is 1. The molecular formula is C15H31NO5. The van der Waals surface area contributed by atoms with Crippen LogP contribution >= 0.6 is 0 Å². The van der Waals surface area contributed by atoms with Crippen molar-refractivity contribution in [1.82, 2.24) is 0 Å². The molecule has 0 spiro atoms. The van der Waals surface area contributed by atoms with Crippen molar-refractivity contribution in [2.24, 2.45) is 5.73 Å². The van der Waals surface area contributed by atoms with Crippen LogP contribution in [0.15, 0.2) is 0 Å². The van der Waals surface area contributed by atoms with E-state index >= 15 is 0 Å². The molecule has 0 aromatic heterocycles. The second kappa shape index (κ2) is 11.0. The third-order valence-electron chi connectivity index (χ3n) is 3.88. The van der Waals surface area contributed by atoms with Gasteiger partial charge in [-0.3, -0.25) is 4.79 Å². The van der Waals surface area contributed by atoms with E-state index < -0.39 is 30.3 Å². The third kappa shape index (κ3) is 7.22. The summed E-state index contributed by atoms with van der Waals surface area (Å²) in [4.78, 5) is 11.3. The first-order chi connectivity index (χ1) is 9.90. The molecule has 0 aromatic carbocycles. The van der Waals surface area contributed by atoms with Crippen molar-refractivity contribution >= 4 is 5.91 Å². The molecule has 0 unspecified atom stereocenters. The molecule has 1 amide bonds. The van der Waals surface area contributed by atoms with Gasteiger partial charge in [-0.15, -0.1) is 0 Å². The standard InChI is InChI=1S/C15H31NO5/c1-2-3-4-5-6-7-8-9-10-15(21,14(16)20)13(19)12(18)11-17/h12-13,17-19,21H,2-11H2,1H3,(H2,16,20)/t12-,13+,15-/m1/s1. The zero-order valence-corrected chi connectivity index (χ0v) is 13.0. The van der Waals surface area contributed by atoms with Crippen molar-refractivity contribution in [3.05, 3.63) is 0 Å². The number of aliphatic hydroxyl groups excluding tert-OH is 3. The highest BCUT2D eigenvalue weighted by molar-refractivity contribution is 5.84. The molecule has 0 fully saturated rings. The topological polar surface area (TPSA) is 124 Å². The molecular weight excluding hydrogens is 274 g/mol. The maximum atomic E-state index is 11.3. The summed E-state index contributed by atoms with van der Waals surface area (Å²) in [5.74, 6) is -1.08. The van der Waals surface area contributed by atoms with Gasteiger partial charge >= 0.3 is 0 Å². The van der Waals surface area contributed by atoms with Gasteiger partial charge in [0.2, 0.25) is 0 Å². The van der Waals surface area contributed by atoms with Crippen molar-refractivity contribution in [1.29, 1.82) is 0 Å². The van der Waals surface area contributed by atoms with Crippen molar-refractivity contribution in [2.75, 3.05) is 6.61 Å². The summed E-state index contributed by atoms with van der Waals surface area (Å²) in [6, 6.07) is 0. The average Bonchev–Trinajstić information content (AvgIpc) is 2.47. The molecule has 3 atom stereocenters. The van der Waals surface area contributed by atoms with Crippen LogP contribution in [0.4, 0.5) is 0 Å². The molecule has 6 N–H and O–H groups in total. The number of rotatable bonds is 13. The zero-order valence-electron chi connectivity index (χ0n) is 13.0. The van der Waals surface area contributed by atoms with Gasteiger partial charge in [0.15, 0.2) is 5.60 Å². The van der Waals surface area contributed by atoms with E-state index in [0.29, 0.717) is 6.42 Å². The lowest BCUT2D eigenvalue weighted by Crippen LogP contribution is -2.58. The van der Waals surface area contributed by atoms with Gasteiger partial charge in [-0.2, -0.15) is 0 Å². The van der Waals surface area contributed by atoms with E-state index in [0.717, 1.165) is 19.3 Å². The lowest BCUT2D eigenvalue weighted by atomic mass is 9.86. The predicted molar refractivity (Wildman–Crippen MR) is 80.5 cm³/mol. The van der Waals surface area contributed by atoms with Gasteiger partial charge in [0.05, 0.1) is 6.61 Å². The lowest BCUT2D eigenvalue weighted by molar-refractivity contribution is -0.166. The Morgan fingerprint density at radius 3 is 1.95 bits per heavy atom. The van der Waals surface area contributed by atoms with Crippen molar-refractivity contribution in [2.45, 2.75) is 82.5 Å². The SMILES string of the molecule is CCCCCCCCCC[C@](O)(C(N)=O)[C@@H](O)[C@H](O)CO. The van der Waals surface area contributed by atoms with Crippen LogP contribution in [0, 0.1) is 0 Å². The minimum Gasteiger partial charge on any atom is -0.394 e. The smallest absolute Gasteiger partial charge is 0.252 e. The Bertz CT molecular complexity index is 287. The fourth-order valence-electron chi connectivity index (χ4n) is 2.36. The van der Waals surface area contributed by atoms with E-state index in [1.54, 1.807) is 0 Å². The largest absolute Gasteiger partial charge is 0.394 e. The van der Waals surface area contributed by atoms with Crippen LogP contribution in [0.2, 0.25) is 0 Å². The summed E-state index contributed by atoms with van der Waals surface area (Å²) in [5, 5.41) is 38.0. The molecule has 0 heterocycles. The van der Waals surface area contributed by atoms with E-state index in [4.69, 9.17) is 10.8 Å². The van der Waals surface area contributed by atoms with E-state index in [1.807, 2.05) is 0 Å². The van der Waals surface area contributed by atoms with Gasteiger partial charge in [0, 0.05) is 0 Å². The molecule has 0 saturated carbocycles. The van der Waals surface area contributed by atoms with Crippen molar-refractivity contribution in [3.8, 4) is 0 Å². The van der Waals surface area contributed by atoms with Gasteiger partial charge in [-0.25, -0.2) is 0 Å². The fourth-order valence-corrected chi connectivity index (χ4v) is 2.36. The Balaban J connectivity index is 4.08. The second-order valence-corrected chi connectivity index (χ2v) is 5.71. The summed E-state index contributed by atoms with van der Waals surface area (Å²) in [6.45, 7) is 1.42. The van der Waals surface area contributed by atoms with Crippen LogP contribution in [0.5, 0.6) is 0 Å². The fraction of sp³-hybridized carbons (Fsp3) is 0.933. The maximum Gasteiger partial charge on any atom is 0.252 e. The summed E-state index contributed by atoms with van der Waals surface area (Å²) in [5.41, 5.74) is 2.93. The summed E-state index contributed by atoms with van der Waals surface area (Å²) in [7, 11) is 0. The number of unbranched alkanes of at least 4 members (excludes halogenated alkanes) is 7. The molecule has 6 heteroatoms. The number of carbonyl (C=O) groups excluding carboxylic acids is 1. The van der Waals surface area contributed by atoms with Gasteiger partial charge in [-0.1, -0.05) is 51.9 Å². The second-order valence-electron chi connectivity index (χ2n) is 5.71. The summed E-state index contributed by atoms with van der Waals surface area (Å²) < 4.78 is 0. The van der Waals surface area contributed by atoms with Gasteiger partial charge in [0.25, 0.3) is 5.91 Å². The Hall–Kier alpha value is -0.690. The maximum absolute atomic E-state index is 11.3. The Morgan fingerprint density at radius 2 is 1.52 bits per heavy atom. The molecule has 0 aliphatic carbocycles. The number of amides is 1. The van der Waals surface area contributed by atoms with E-state index in [2.05, 4.69) is 6.92 Å². The molecule has 0 aliphatic heterocycles. The first kappa shape index (κ1) is 20.3. The van der Waals surface area contributed by atoms with Gasteiger partial charge < -0.3 is 26.2 Å². The Morgan fingerprint density at radius 1 is 1.05 bits per heavy atom. The molecule has 0 bridgehead atoms. The highest BCUT2D eigenvalue weighted by atomic mass is 16.4. The Kier molecular flexibility index (Phi) is 10.6. The molecule has 0 radical (unpaired) electrons. The molecule has 6 nitrogen and oxygen atoms in total. The normalized spacial score (nSPS) is 17.2. The van der Waals surface area contributed by atoms with Crippen LogP contribution < -0.4 is 5.73 Å². The monoisotopic (exact) mass is 305 g/mol. The van der Waals surface area contributed by atoms with Crippen LogP contribution in [-0.2, 0) is 4.79 Å². The zero-order chi connectivity index (χ0) is 16.3. The quantitative estimate of drug-likeness (QED) is 0.316. The third-order valence-corrected chi connectivity index (χ3v) is 3.88. The first-order valence-corrected chi connectivity index (χ1v) is 7.89. The van der Waals surface area contributed by atoms with Crippen LogP contribution in [0.3, 0.4) is 0 Å². The minimum atomic E-state index is -2.19. The van der Waals surface area contributed by atoms with E-state index in [1.165, 1.54) is 25.7 Å². The van der Waals surface area contributed by atoms with E-state index in [-0.39, 0.29) is 6.42 Å². The number of carbonyl (C=O) groups is 1. The summed E-state index contributed by atoms with van der Waals surface area (Å²) >= 11 is 0. The first-order valence-electron chi connectivity index (χ1n) is 7.89. The van der Waals surface area contributed by atoms with Crippen molar-refractivity contribution in [3.63, 3.8) is 0 Å². The molecule has 0 aliphatic rings. The Labute approximate surface area is 127 Å². The van der Waals surface area contributed by atoms with Crippen LogP contribution in [0.25, 0.3) is 0 Å². The van der Waals surface area contributed by atoms with E-state index in [9.17, 15) is 20.1 Å². The molecule has 21 heavy (non-hydrogen) atoms. The molecule has 126 valence electrons. The average molecular weight is 305 g/mol. The highest BCUT2D eigenvalue weighted by Crippen LogP contribution is 2.22. The summed E-state index contributed by atoms with van der Waals surface area (Å²) in [6.07, 6.45) is 4.93. The van der Waals surface area contributed by atoms with Gasteiger partial charge in [-0.05, 0) is 12.8 Å².